The zero-order valence-electron chi connectivity index (χ0n) is 9.65. The lowest BCUT2D eigenvalue weighted by Crippen LogP contribution is -2.13. The Morgan fingerprint density at radius 3 is 2.11 bits per heavy atom. The van der Waals surface area contributed by atoms with Gasteiger partial charge in [-0.3, -0.25) is 14.4 Å². The van der Waals surface area contributed by atoms with Gasteiger partial charge in [0.15, 0.2) is 11.5 Å². The van der Waals surface area contributed by atoms with Gasteiger partial charge in [0.2, 0.25) is 5.91 Å². The Kier molecular flexibility index (Phi) is 4.43. The number of carbonyl (C=O) groups excluding carboxylic acids is 3. The van der Waals surface area contributed by atoms with Gasteiger partial charge < -0.3 is 15.2 Å². The minimum Gasteiger partial charge on any atom is -0.423 e. The Hall–Kier alpha value is -1.89. The fourth-order valence-corrected chi connectivity index (χ4v) is 1.71. The topological polar surface area (TPSA) is 95.7 Å². The van der Waals surface area contributed by atoms with Gasteiger partial charge in [0.25, 0.3) is 0 Å². The fraction of sp³-hybridized carbons (Fsp3) is 0.182. The second-order valence-electron chi connectivity index (χ2n) is 3.34. The van der Waals surface area contributed by atoms with Crippen LogP contribution in [0.3, 0.4) is 0 Å². The molecule has 0 fully saturated rings. The normalized spacial score (nSPS) is 9.72. The molecule has 7 heteroatoms. The number of primary amides is 1. The van der Waals surface area contributed by atoms with Crippen LogP contribution in [0.25, 0.3) is 0 Å². The maximum atomic E-state index is 11.1. The molecule has 0 bridgehead atoms. The molecule has 0 spiro atoms. The Bertz CT molecular complexity index is 526. The number of benzene rings is 1. The van der Waals surface area contributed by atoms with E-state index in [0.717, 1.165) is 0 Å². The minimum absolute atomic E-state index is 0.0164. The first kappa shape index (κ1) is 14.2. The van der Waals surface area contributed by atoms with E-state index in [4.69, 9.17) is 15.2 Å². The molecule has 6 nitrogen and oxygen atoms in total. The standard InChI is InChI=1S/C11H10BrNO5/c1-5(14)17-9-4-7(11(13)16)3-8(12)10(9)18-6(2)15/h3-4H,1-2H3,(H2,13,16). The van der Waals surface area contributed by atoms with Gasteiger partial charge in [-0.15, -0.1) is 0 Å². The van der Waals surface area contributed by atoms with E-state index in [9.17, 15) is 14.4 Å². The Labute approximate surface area is 111 Å². The first-order valence-electron chi connectivity index (χ1n) is 4.81. The number of ether oxygens (including phenoxy) is 2. The molecule has 0 unspecified atom stereocenters. The third-order valence-corrected chi connectivity index (χ3v) is 2.38. The highest BCUT2D eigenvalue weighted by atomic mass is 79.9. The molecular formula is C11H10BrNO5. The largest absolute Gasteiger partial charge is 0.423 e. The molecule has 1 aromatic carbocycles. The highest BCUT2D eigenvalue weighted by Gasteiger charge is 2.17. The second-order valence-corrected chi connectivity index (χ2v) is 4.19. The van der Waals surface area contributed by atoms with Crippen LogP contribution in [-0.2, 0) is 9.59 Å². The molecule has 96 valence electrons. The van der Waals surface area contributed by atoms with Crippen LogP contribution in [0, 0.1) is 0 Å². The summed E-state index contributed by atoms with van der Waals surface area (Å²) in [6, 6.07) is 2.60. The molecule has 0 aliphatic carbocycles. The maximum absolute atomic E-state index is 11.1. The number of hydrogen-bond donors (Lipinski definition) is 1. The van der Waals surface area contributed by atoms with E-state index in [1.54, 1.807) is 0 Å². The summed E-state index contributed by atoms with van der Waals surface area (Å²) in [7, 11) is 0. The summed E-state index contributed by atoms with van der Waals surface area (Å²) in [5.74, 6) is -1.94. The minimum atomic E-state index is -0.696. The zero-order chi connectivity index (χ0) is 13.9. The molecule has 0 radical (unpaired) electrons. The fourth-order valence-electron chi connectivity index (χ4n) is 1.18. The molecule has 18 heavy (non-hydrogen) atoms. The molecule has 0 aliphatic rings. The molecule has 1 aromatic rings. The second kappa shape index (κ2) is 5.63. The molecule has 0 aliphatic heterocycles. The average molecular weight is 316 g/mol. The number of amides is 1. The predicted octanol–water partition coefficient (Wildman–Crippen LogP) is 1.40. The van der Waals surface area contributed by atoms with Gasteiger partial charge in [0, 0.05) is 19.4 Å². The van der Waals surface area contributed by atoms with Crippen LogP contribution in [0.2, 0.25) is 0 Å². The van der Waals surface area contributed by atoms with E-state index < -0.39 is 17.8 Å². The summed E-state index contributed by atoms with van der Waals surface area (Å²) in [6.07, 6.45) is 0. The zero-order valence-corrected chi connectivity index (χ0v) is 11.2. The van der Waals surface area contributed by atoms with Crippen molar-refractivity contribution in [3.63, 3.8) is 0 Å². The predicted molar refractivity (Wildman–Crippen MR) is 65.3 cm³/mol. The number of rotatable bonds is 3. The quantitative estimate of drug-likeness (QED) is 0.672. The van der Waals surface area contributed by atoms with E-state index in [1.165, 1.54) is 26.0 Å². The van der Waals surface area contributed by atoms with Crippen molar-refractivity contribution in [2.45, 2.75) is 13.8 Å². The molecule has 0 saturated heterocycles. The van der Waals surface area contributed by atoms with E-state index >= 15 is 0 Å². The summed E-state index contributed by atoms with van der Waals surface area (Å²) in [4.78, 5) is 33.0. The van der Waals surface area contributed by atoms with Gasteiger partial charge in [-0.25, -0.2) is 0 Å². The summed E-state index contributed by atoms with van der Waals surface area (Å²) in [6.45, 7) is 2.38. The van der Waals surface area contributed by atoms with Gasteiger partial charge in [0.05, 0.1) is 4.47 Å². The van der Waals surface area contributed by atoms with Crippen molar-refractivity contribution in [3.8, 4) is 11.5 Å². The number of hydrogen-bond acceptors (Lipinski definition) is 5. The van der Waals surface area contributed by atoms with Crippen LogP contribution < -0.4 is 15.2 Å². The van der Waals surface area contributed by atoms with Crippen LogP contribution in [-0.4, -0.2) is 17.8 Å². The van der Waals surface area contributed by atoms with Crippen LogP contribution in [0.5, 0.6) is 11.5 Å². The Morgan fingerprint density at radius 1 is 1.11 bits per heavy atom. The molecule has 1 amide bonds. The molecular weight excluding hydrogens is 306 g/mol. The number of nitrogens with two attached hydrogens (primary N) is 1. The summed E-state index contributed by atoms with van der Waals surface area (Å²) in [5, 5.41) is 0. The van der Waals surface area contributed by atoms with Crippen molar-refractivity contribution in [3.05, 3.63) is 22.2 Å². The van der Waals surface area contributed by atoms with E-state index in [-0.39, 0.29) is 21.5 Å². The van der Waals surface area contributed by atoms with Gasteiger partial charge >= 0.3 is 11.9 Å². The Morgan fingerprint density at radius 2 is 1.67 bits per heavy atom. The highest BCUT2D eigenvalue weighted by Crippen LogP contribution is 2.37. The summed E-state index contributed by atoms with van der Waals surface area (Å²) >= 11 is 3.11. The summed E-state index contributed by atoms with van der Waals surface area (Å²) < 4.78 is 10.0. The summed E-state index contributed by atoms with van der Waals surface area (Å²) in [5.41, 5.74) is 5.25. The molecule has 0 saturated carbocycles. The van der Waals surface area contributed by atoms with Crippen molar-refractivity contribution in [1.29, 1.82) is 0 Å². The number of esters is 2. The van der Waals surface area contributed by atoms with Crippen LogP contribution in [0.1, 0.15) is 24.2 Å². The lowest BCUT2D eigenvalue weighted by atomic mass is 10.2. The molecule has 1 rings (SSSR count). The molecule has 2 N–H and O–H groups in total. The number of halogens is 1. The lowest BCUT2D eigenvalue weighted by Gasteiger charge is -2.11. The molecule has 0 heterocycles. The van der Waals surface area contributed by atoms with Crippen molar-refractivity contribution < 1.29 is 23.9 Å². The monoisotopic (exact) mass is 315 g/mol. The smallest absolute Gasteiger partial charge is 0.308 e. The molecule has 0 atom stereocenters. The van der Waals surface area contributed by atoms with Gasteiger partial charge in [0.1, 0.15) is 0 Å². The van der Waals surface area contributed by atoms with Crippen LogP contribution in [0.4, 0.5) is 0 Å². The maximum Gasteiger partial charge on any atom is 0.308 e. The van der Waals surface area contributed by atoms with Gasteiger partial charge in [-0.1, -0.05) is 0 Å². The van der Waals surface area contributed by atoms with E-state index in [0.29, 0.717) is 0 Å². The first-order chi connectivity index (χ1) is 8.31. The Balaban J connectivity index is 3.33. The SMILES string of the molecule is CC(=O)Oc1cc(C(N)=O)cc(Br)c1OC(C)=O. The average Bonchev–Trinajstić information content (AvgIpc) is 2.21. The van der Waals surface area contributed by atoms with Crippen molar-refractivity contribution in [1.82, 2.24) is 0 Å². The highest BCUT2D eigenvalue weighted by molar-refractivity contribution is 9.10. The number of carbonyl (C=O) groups is 3. The lowest BCUT2D eigenvalue weighted by molar-refractivity contribution is -0.134. The third-order valence-electron chi connectivity index (χ3n) is 1.79. The first-order valence-corrected chi connectivity index (χ1v) is 5.60. The van der Waals surface area contributed by atoms with E-state index in [1.807, 2.05) is 0 Å². The van der Waals surface area contributed by atoms with Crippen molar-refractivity contribution in [2.75, 3.05) is 0 Å². The van der Waals surface area contributed by atoms with Crippen LogP contribution in [0.15, 0.2) is 16.6 Å². The third kappa shape index (κ3) is 3.56. The molecule has 0 aromatic heterocycles. The van der Waals surface area contributed by atoms with Crippen molar-refractivity contribution in [2.24, 2.45) is 5.73 Å². The van der Waals surface area contributed by atoms with Crippen molar-refractivity contribution >= 4 is 33.8 Å². The van der Waals surface area contributed by atoms with Gasteiger partial charge in [-0.2, -0.15) is 0 Å². The van der Waals surface area contributed by atoms with E-state index in [2.05, 4.69) is 15.9 Å². The van der Waals surface area contributed by atoms with Crippen LogP contribution >= 0.6 is 15.9 Å². The van der Waals surface area contributed by atoms with Gasteiger partial charge in [-0.05, 0) is 28.1 Å².